The Labute approximate surface area is 55.3 Å². The predicted molar refractivity (Wildman–Crippen MR) is 36.9 cm³/mol. The average molecular weight is 125 g/mol. The van der Waals surface area contributed by atoms with Crippen molar-refractivity contribution < 1.29 is 4.73 Å². The van der Waals surface area contributed by atoms with Gasteiger partial charge in [0.05, 0.1) is 0 Å². The Balaban J connectivity index is 0.000000640. The van der Waals surface area contributed by atoms with E-state index in [0.29, 0.717) is 0 Å². The van der Waals surface area contributed by atoms with Crippen LogP contribution in [0, 0.1) is 12.1 Å². The molecule has 0 atom stereocenters. The van der Waals surface area contributed by atoms with E-state index in [1.54, 1.807) is 6.07 Å². The lowest BCUT2D eigenvalue weighted by molar-refractivity contribution is -0.605. The van der Waals surface area contributed by atoms with E-state index in [-0.39, 0.29) is 7.43 Å². The van der Waals surface area contributed by atoms with Crippen LogP contribution in [0.15, 0.2) is 24.5 Å². The molecule has 0 bridgehead atoms. The minimum atomic E-state index is 0. The normalized spacial score (nSPS) is 8.11. The molecule has 0 aromatic carbocycles. The number of hydrogen-bond acceptors (Lipinski definition) is 1. The number of aromatic nitrogens is 1. The summed E-state index contributed by atoms with van der Waals surface area (Å²) in [7, 11) is 0. The Morgan fingerprint density at radius 1 is 1.56 bits per heavy atom. The lowest BCUT2D eigenvalue weighted by Crippen LogP contribution is -2.23. The minimum absolute atomic E-state index is 0. The van der Waals surface area contributed by atoms with Gasteiger partial charge < -0.3 is 5.21 Å². The molecule has 0 fully saturated rings. The molecule has 0 unspecified atom stereocenters. The zero-order chi connectivity index (χ0) is 5.98. The second-order valence-corrected chi connectivity index (χ2v) is 1.74. The fourth-order valence-corrected chi connectivity index (χ4v) is 0.566. The van der Waals surface area contributed by atoms with Gasteiger partial charge in [0.2, 0.25) is 0 Å². The molecular formula is C7H11NO. The van der Waals surface area contributed by atoms with Gasteiger partial charge in [-0.15, -0.1) is 0 Å². The smallest absolute Gasteiger partial charge is 0.183 e. The highest BCUT2D eigenvalue weighted by Gasteiger charge is 1.85. The lowest BCUT2D eigenvalue weighted by atomic mass is 10.3. The van der Waals surface area contributed by atoms with E-state index in [2.05, 4.69) is 0 Å². The number of aryl methyl sites for hydroxylation is 1. The highest BCUT2D eigenvalue weighted by Crippen LogP contribution is 1.86. The van der Waals surface area contributed by atoms with Gasteiger partial charge in [-0.3, -0.25) is 0 Å². The third-order valence-electron chi connectivity index (χ3n) is 0.923. The number of hydrogen-bond donors (Lipinski definition) is 0. The maximum Gasteiger partial charge on any atom is 0.183 e. The molecule has 1 rings (SSSR count). The molecule has 1 aromatic heterocycles. The van der Waals surface area contributed by atoms with Gasteiger partial charge in [-0.25, -0.2) is 0 Å². The predicted octanol–water partition coefficient (Wildman–Crippen LogP) is 1.26. The Morgan fingerprint density at radius 2 is 2.22 bits per heavy atom. The van der Waals surface area contributed by atoms with E-state index in [1.165, 1.54) is 12.4 Å². The van der Waals surface area contributed by atoms with Gasteiger partial charge in [-0.2, -0.15) is 4.73 Å². The Kier molecular flexibility index (Phi) is 2.71. The van der Waals surface area contributed by atoms with Gasteiger partial charge in [0, 0.05) is 11.6 Å². The van der Waals surface area contributed by atoms with Crippen LogP contribution in [0.2, 0.25) is 0 Å². The monoisotopic (exact) mass is 125 g/mol. The zero-order valence-corrected chi connectivity index (χ0v) is 4.66. The Morgan fingerprint density at radius 3 is 2.56 bits per heavy atom. The largest absolute Gasteiger partial charge is 0.619 e. The first kappa shape index (κ1) is 7.95. The second kappa shape index (κ2) is 3.07. The molecule has 0 spiro atoms. The van der Waals surface area contributed by atoms with Crippen LogP contribution in [0.1, 0.15) is 13.0 Å². The topological polar surface area (TPSA) is 26.9 Å². The standard InChI is InChI=1S/C6H7NO.CH4/c1-6-3-2-4-7(8)5-6;/h2-5H,1H3;1H4. The molecule has 50 valence electrons. The first-order valence-corrected chi connectivity index (χ1v) is 2.44. The number of nitrogens with zero attached hydrogens (tertiary/aromatic N) is 1. The van der Waals surface area contributed by atoms with Crippen molar-refractivity contribution in [2.24, 2.45) is 0 Å². The van der Waals surface area contributed by atoms with Crippen molar-refractivity contribution in [3.63, 3.8) is 0 Å². The highest BCUT2D eigenvalue weighted by atomic mass is 16.5. The summed E-state index contributed by atoms with van der Waals surface area (Å²) in [6.45, 7) is 1.88. The molecule has 2 nitrogen and oxygen atoms in total. The van der Waals surface area contributed by atoms with Gasteiger partial charge >= 0.3 is 0 Å². The molecule has 0 radical (unpaired) electrons. The molecule has 0 amide bonds. The van der Waals surface area contributed by atoms with Crippen molar-refractivity contribution >= 4 is 0 Å². The maximum atomic E-state index is 10.4. The first-order valence-electron chi connectivity index (χ1n) is 2.44. The molecule has 0 aliphatic rings. The van der Waals surface area contributed by atoms with Crippen molar-refractivity contribution in [2.75, 3.05) is 0 Å². The summed E-state index contributed by atoms with van der Waals surface area (Å²) in [6.07, 6.45) is 2.99. The Hall–Kier alpha value is -1.05. The Bertz CT molecular complexity index is 169. The molecule has 1 heterocycles. The summed E-state index contributed by atoms with van der Waals surface area (Å²) >= 11 is 0. The van der Waals surface area contributed by atoms with E-state index in [4.69, 9.17) is 0 Å². The van der Waals surface area contributed by atoms with Crippen molar-refractivity contribution in [3.05, 3.63) is 35.3 Å². The zero-order valence-electron chi connectivity index (χ0n) is 4.66. The second-order valence-electron chi connectivity index (χ2n) is 1.74. The molecule has 1 aromatic rings. The van der Waals surface area contributed by atoms with Crippen LogP contribution in [0.4, 0.5) is 0 Å². The molecular weight excluding hydrogens is 114 g/mol. The molecule has 9 heavy (non-hydrogen) atoms. The third-order valence-corrected chi connectivity index (χ3v) is 0.923. The number of rotatable bonds is 0. The first-order chi connectivity index (χ1) is 3.79. The minimum Gasteiger partial charge on any atom is -0.619 e. The summed E-state index contributed by atoms with van der Waals surface area (Å²) < 4.78 is 0.787. The van der Waals surface area contributed by atoms with Crippen molar-refractivity contribution in [1.29, 1.82) is 0 Å². The van der Waals surface area contributed by atoms with Crippen LogP contribution in [0.5, 0.6) is 0 Å². The number of pyridine rings is 1. The fourth-order valence-electron chi connectivity index (χ4n) is 0.566. The molecule has 0 aliphatic heterocycles. The van der Waals surface area contributed by atoms with Gasteiger partial charge in [0.1, 0.15) is 0 Å². The van der Waals surface area contributed by atoms with Crippen LogP contribution < -0.4 is 4.73 Å². The quantitative estimate of drug-likeness (QED) is 0.379. The van der Waals surface area contributed by atoms with Crippen LogP contribution >= 0.6 is 0 Å². The molecule has 0 saturated heterocycles. The third kappa shape index (κ3) is 2.13. The summed E-state index contributed by atoms with van der Waals surface area (Å²) in [5.74, 6) is 0. The summed E-state index contributed by atoms with van der Waals surface area (Å²) in [4.78, 5) is 0. The van der Waals surface area contributed by atoms with Crippen molar-refractivity contribution in [2.45, 2.75) is 14.4 Å². The highest BCUT2D eigenvalue weighted by molar-refractivity contribution is 5.01. The lowest BCUT2D eigenvalue weighted by Gasteiger charge is -1.92. The molecule has 2 heteroatoms. The van der Waals surface area contributed by atoms with Crippen molar-refractivity contribution in [3.8, 4) is 0 Å². The van der Waals surface area contributed by atoms with E-state index in [1.807, 2.05) is 13.0 Å². The van der Waals surface area contributed by atoms with Gasteiger partial charge in [0.25, 0.3) is 0 Å². The SMILES string of the molecule is C.Cc1ccc[n+]([O-])c1. The van der Waals surface area contributed by atoms with E-state index < -0.39 is 0 Å². The van der Waals surface area contributed by atoms with Gasteiger partial charge in [-0.1, -0.05) is 7.43 Å². The molecule has 0 saturated carbocycles. The van der Waals surface area contributed by atoms with Gasteiger partial charge in [-0.05, 0) is 13.0 Å². The molecule has 0 N–H and O–H groups in total. The summed E-state index contributed by atoms with van der Waals surface area (Å²) in [5.41, 5.74) is 0.988. The average Bonchev–Trinajstić information content (AvgIpc) is 1.64. The van der Waals surface area contributed by atoms with Crippen LogP contribution in [0.25, 0.3) is 0 Å². The van der Waals surface area contributed by atoms with E-state index in [9.17, 15) is 5.21 Å². The maximum absolute atomic E-state index is 10.4. The molecule has 0 aliphatic carbocycles. The van der Waals surface area contributed by atoms with Gasteiger partial charge in [0.15, 0.2) is 12.4 Å². The fraction of sp³-hybridized carbons (Fsp3) is 0.286. The van der Waals surface area contributed by atoms with E-state index in [0.717, 1.165) is 10.3 Å². The van der Waals surface area contributed by atoms with Crippen LogP contribution in [0.3, 0.4) is 0 Å². The van der Waals surface area contributed by atoms with Crippen LogP contribution in [-0.2, 0) is 0 Å². The summed E-state index contributed by atoms with van der Waals surface area (Å²) in [5, 5.41) is 10.4. The van der Waals surface area contributed by atoms with E-state index >= 15 is 0 Å². The van der Waals surface area contributed by atoms with Crippen LogP contribution in [-0.4, -0.2) is 0 Å². The summed E-state index contributed by atoms with van der Waals surface area (Å²) in [6, 6.07) is 3.61. The van der Waals surface area contributed by atoms with Crippen molar-refractivity contribution in [1.82, 2.24) is 0 Å².